The van der Waals surface area contributed by atoms with Gasteiger partial charge in [-0.15, -0.1) is 0 Å². The van der Waals surface area contributed by atoms with Crippen molar-refractivity contribution in [3.63, 3.8) is 0 Å². The summed E-state index contributed by atoms with van der Waals surface area (Å²) in [6.07, 6.45) is -3.36. The predicted octanol–water partition coefficient (Wildman–Crippen LogP) is 6.28. The molecule has 0 amide bonds. The number of carbonyl (C=O) groups is 4. The first-order chi connectivity index (χ1) is 19.4. The number of rotatable bonds is 14. The van der Waals surface area contributed by atoms with Gasteiger partial charge in [0, 0.05) is 5.92 Å². The number of ether oxygens (including phenoxy) is 6. The van der Waals surface area contributed by atoms with Crippen molar-refractivity contribution in [3.8, 4) is 11.5 Å². The number of carbonyl (C=O) groups excluding carboxylic acids is 3. The van der Waals surface area contributed by atoms with Gasteiger partial charge < -0.3 is 39.3 Å². The molecule has 0 saturated heterocycles. The van der Waals surface area contributed by atoms with E-state index in [1.807, 2.05) is 34.6 Å². The van der Waals surface area contributed by atoms with Crippen LogP contribution in [0.25, 0.3) is 0 Å². The molecule has 0 aromatic heterocycles. The van der Waals surface area contributed by atoms with Crippen LogP contribution in [0.5, 0.6) is 11.5 Å². The van der Waals surface area contributed by atoms with Gasteiger partial charge in [-0.05, 0) is 69.6 Å². The van der Waals surface area contributed by atoms with E-state index in [1.54, 1.807) is 34.6 Å². The summed E-state index contributed by atoms with van der Waals surface area (Å²) in [7, 11) is 0. The van der Waals surface area contributed by atoms with Crippen molar-refractivity contribution in [1.82, 2.24) is 0 Å². The van der Waals surface area contributed by atoms with Gasteiger partial charge in [0.05, 0.1) is 6.61 Å². The first-order valence-corrected chi connectivity index (χ1v) is 14.1. The lowest BCUT2D eigenvalue weighted by molar-refractivity contribution is -0.139. The second-order valence-electron chi connectivity index (χ2n) is 11.7. The number of aliphatic carboxylic acids is 1. The zero-order chi connectivity index (χ0) is 32.4. The first-order valence-electron chi connectivity index (χ1n) is 14.1. The Morgan fingerprint density at radius 2 is 1.33 bits per heavy atom. The number of hydrogen-bond acceptors (Lipinski definition) is 11. The van der Waals surface area contributed by atoms with Crippen molar-refractivity contribution in [2.45, 2.75) is 105 Å². The van der Waals surface area contributed by atoms with Crippen LogP contribution in [0, 0.1) is 17.8 Å². The van der Waals surface area contributed by atoms with Crippen LogP contribution in [0.4, 0.5) is 14.4 Å². The largest absolute Gasteiger partial charge is 0.514 e. The highest BCUT2D eigenvalue weighted by atomic mass is 16.8. The minimum Gasteiger partial charge on any atom is -0.480 e. The zero-order valence-corrected chi connectivity index (χ0v) is 26.3. The molecule has 238 valence electrons. The Labute approximate surface area is 248 Å². The Bertz CT molecular complexity index is 1070. The summed E-state index contributed by atoms with van der Waals surface area (Å²) in [5, 5.41) is 9.74. The number of nitrogens with two attached hydrogens (primary N) is 1. The van der Waals surface area contributed by atoms with Gasteiger partial charge in [-0.2, -0.15) is 0 Å². The molecule has 5 atom stereocenters. The average Bonchev–Trinajstić information content (AvgIpc) is 2.88. The molecule has 0 aliphatic rings. The minimum atomic E-state index is -1.43. The lowest BCUT2D eigenvalue weighted by atomic mass is 9.82. The van der Waals surface area contributed by atoms with Crippen LogP contribution in [-0.2, 0) is 23.7 Å². The fraction of sp³-hybridized carbons (Fsp3) is 0.667. The third-order valence-corrected chi connectivity index (χ3v) is 7.14. The van der Waals surface area contributed by atoms with Crippen molar-refractivity contribution >= 4 is 24.4 Å². The van der Waals surface area contributed by atoms with E-state index in [4.69, 9.17) is 34.2 Å². The molecule has 0 aliphatic carbocycles. The molecule has 0 aliphatic heterocycles. The SMILES string of the molecule is CCC(C)(C)OC(=O)OCC(C)C(c1ccc(OC(=O)OC(C)C(C)C)c(OC(=O)OC(C)C(C)C)c1)[C@H](N)C(=O)O. The highest BCUT2D eigenvalue weighted by Gasteiger charge is 2.33. The van der Waals surface area contributed by atoms with Crippen LogP contribution >= 0.6 is 0 Å². The van der Waals surface area contributed by atoms with E-state index in [2.05, 4.69) is 0 Å². The van der Waals surface area contributed by atoms with E-state index < -0.39 is 60.1 Å². The van der Waals surface area contributed by atoms with E-state index in [1.165, 1.54) is 18.2 Å². The Balaban J connectivity index is 3.39. The van der Waals surface area contributed by atoms with Crippen molar-refractivity contribution in [2.24, 2.45) is 23.5 Å². The number of benzene rings is 1. The molecular weight excluding hydrogens is 550 g/mol. The molecule has 0 heterocycles. The highest BCUT2D eigenvalue weighted by molar-refractivity contribution is 5.75. The standard InChI is InChI=1S/C30H47NO11/c1-11-30(9,10)42-27(34)37-15-18(6)24(25(31)26(32)33)21-12-13-22(40-28(35)38-19(7)16(2)3)23(14-21)41-29(36)39-20(8)17(4)5/h12-14,16-20,24-25H,11,15,31H2,1-10H3,(H,32,33)/t18?,19?,20?,24?,25-/m0/s1. The van der Waals surface area contributed by atoms with Crippen LogP contribution in [0.2, 0.25) is 0 Å². The molecule has 0 saturated carbocycles. The third-order valence-electron chi connectivity index (χ3n) is 7.14. The van der Waals surface area contributed by atoms with E-state index in [9.17, 15) is 24.3 Å². The monoisotopic (exact) mass is 597 g/mol. The van der Waals surface area contributed by atoms with Crippen molar-refractivity contribution in [3.05, 3.63) is 23.8 Å². The Morgan fingerprint density at radius 3 is 1.79 bits per heavy atom. The van der Waals surface area contributed by atoms with Crippen LogP contribution in [0.3, 0.4) is 0 Å². The lowest BCUT2D eigenvalue weighted by Gasteiger charge is -2.29. The summed E-state index contributed by atoms with van der Waals surface area (Å²) in [5.41, 5.74) is 5.64. The summed E-state index contributed by atoms with van der Waals surface area (Å²) in [5.74, 6) is -3.22. The van der Waals surface area contributed by atoms with Crippen molar-refractivity contribution < 1.29 is 52.7 Å². The Hall–Kier alpha value is -3.54. The van der Waals surface area contributed by atoms with E-state index in [0.29, 0.717) is 12.0 Å². The van der Waals surface area contributed by atoms with Gasteiger partial charge in [-0.1, -0.05) is 47.6 Å². The maximum absolute atomic E-state index is 12.6. The molecule has 4 unspecified atom stereocenters. The molecular formula is C30H47NO11. The molecule has 3 N–H and O–H groups in total. The second kappa shape index (κ2) is 16.2. The van der Waals surface area contributed by atoms with Gasteiger partial charge in [-0.3, -0.25) is 4.79 Å². The van der Waals surface area contributed by atoms with Crippen molar-refractivity contribution in [1.29, 1.82) is 0 Å². The number of hydrogen-bond donors (Lipinski definition) is 2. The molecule has 12 heteroatoms. The van der Waals surface area contributed by atoms with E-state index in [-0.39, 0.29) is 29.9 Å². The normalized spacial score (nSPS) is 15.2. The molecule has 0 radical (unpaired) electrons. The summed E-state index contributed by atoms with van der Waals surface area (Å²) in [4.78, 5) is 49.2. The molecule has 0 spiro atoms. The van der Waals surface area contributed by atoms with Gasteiger partial charge in [0.2, 0.25) is 0 Å². The maximum atomic E-state index is 12.6. The summed E-state index contributed by atoms with van der Waals surface area (Å²) in [6, 6.07) is 2.71. The minimum absolute atomic E-state index is 0.000454. The number of carboxylic acid groups (broad SMARTS) is 1. The fourth-order valence-corrected chi connectivity index (χ4v) is 3.37. The average molecular weight is 598 g/mol. The van der Waals surface area contributed by atoms with Crippen LogP contribution < -0.4 is 15.2 Å². The quantitative estimate of drug-likeness (QED) is 0.140. The van der Waals surface area contributed by atoms with Gasteiger partial charge in [0.15, 0.2) is 11.5 Å². The Kier molecular flexibility index (Phi) is 14.1. The maximum Gasteiger partial charge on any atom is 0.514 e. The molecule has 1 rings (SSSR count). The Morgan fingerprint density at radius 1 is 0.833 bits per heavy atom. The van der Waals surface area contributed by atoms with Gasteiger partial charge in [0.1, 0.15) is 23.9 Å². The number of carboxylic acids is 1. The first kappa shape index (κ1) is 36.5. The van der Waals surface area contributed by atoms with Crippen molar-refractivity contribution in [2.75, 3.05) is 6.61 Å². The predicted molar refractivity (Wildman–Crippen MR) is 154 cm³/mol. The molecule has 1 aromatic rings. The van der Waals surface area contributed by atoms with Crippen LogP contribution in [0.15, 0.2) is 18.2 Å². The molecule has 42 heavy (non-hydrogen) atoms. The lowest BCUT2D eigenvalue weighted by Crippen LogP contribution is -2.41. The molecule has 1 aromatic carbocycles. The fourth-order valence-electron chi connectivity index (χ4n) is 3.37. The summed E-state index contributed by atoms with van der Waals surface area (Å²) < 4.78 is 31.9. The molecule has 12 nitrogen and oxygen atoms in total. The highest BCUT2D eigenvalue weighted by Crippen LogP contribution is 2.36. The molecule has 0 fully saturated rings. The summed E-state index contributed by atoms with van der Waals surface area (Å²) in [6.45, 7) is 17.6. The van der Waals surface area contributed by atoms with Crippen LogP contribution in [-0.4, -0.2) is 60.0 Å². The van der Waals surface area contributed by atoms with Gasteiger partial charge >= 0.3 is 24.4 Å². The topological polar surface area (TPSA) is 170 Å². The van der Waals surface area contributed by atoms with E-state index in [0.717, 1.165) is 0 Å². The van der Waals surface area contributed by atoms with Gasteiger partial charge in [-0.25, -0.2) is 14.4 Å². The van der Waals surface area contributed by atoms with Gasteiger partial charge in [0.25, 0.3) is 0 Å². The summed E-state index contributed by atoms with van der Waals surface area (Å²) >= 11 is 0. The van der Waals surface area contributed by atoms with Crippen LogP contribution in [0.1, 0.15) is 87.1 Å². The third kappa shape index (κ3) is 11.8. The zero-order valence-electron chi connectivity index (χ0n) is 26.3. The smallest absolute Gasteiger partial charge is 0.480 e. The van der Waals surface area contributed by atoms with E-state index >= 15 is 0 Å². The second-order valence-corrected chi connectivity index (χ2v) is 11.7. The molecule has 0 bridgehead atoms.